The first-order valence-corrected chi connectivity index (χ1v) is 4.15. The van der Waals surface area contributed by atoms with Gasteiger partial charge in [0.2, 0.25) is 0 Å². The summed E-state index contributed by atoms with van der Waals surface area (Å²) in [5, 5.41) is 28.1. The molecule has 0 aromatic carbocycles. The number of hydrogen-bond donors (Lipinski definition) is 3. The normalized spacial score (nSPS) is 49.2. The van der Waals surface area contributed by atoms with Crippen LogP contribution in [0.1, 0.15) is 13.3 Å². The standard InChI is InChI=1S/C8H16O4/c1-4-3-5(12-2)7(10)8(11)6(4)9/h4-11H,3H2,1-2H3/t4?,5-,6+,7?,8+/m1/s1. The highest BCUT2D eigenvalue weighted by molar-refractivity contribution is 4.91. The van der Waals surface area contributed by atoms with Crippen molar-refractivity contribution in [2.24, 2.45) is 5.92 Å². The fraction of sp³-hybridized carbons (Fsp3) is 1.00. The van der Waals surface area contributed by atoms with Gasteiger partial charge < -0.3 is 20.1 Å². The molecule has 0 amide bonds. The third-order valence-electron chi connectivity index (χ3n) is 2.57. The largest absolute Gasteiger partial charge is 0.390 e. The van der Waals surface area contributed by atoms with E-state index in [4.69, 9.17) is 4.74 Å². The summed E-state index contributed by atoms with van der Waals surface area (Å²) in [6.45, 7) is 1.83. The number of rotatable bonds is 1. The van der Waals surface area contributed by atoms with Gasteiger partial charge in [0.1, 0.15) is 12.2 Å². The van der Waals surface area contributed by atoms with E-state index >= 15 is 0 Å². The maximum atomic E-state index is 9.39. The highest BCUT2D eigenvalue weighted by Crippen LogP contribution is 2.26. The number of aliphatic hydroxyl groups is 3. The van der Waals surface area contributed by atoms with Gasteiger partial charge in [-0.05, 0) is 12.3 Å². The van der Waals surface area contributed by atoms with Gasteiger partial charge >= 0.3 is 0 Å². The van der Waals surface area contributed by atoms with Crippen molar-refractivity contribution < 1.29 is 20.1 Å². The van der Waals surface area contributed by atoms with Gasteiger partial charge in [-0.25, -0.2) is 0 Å². The Hall–Kier alpha value is -0.160. The molecule has 4 nitrogen and oxygen atoms in total. The van der Waals surface area contributed by atoms with Crippen molar-refractivity contribution in [3.8, 4) is 0 Å². The molecule has 2 unspecified atom stereocenters. The van der Waals surface area contributed by atoms with E-state index in [2.05, 4.69) is 0 Å². The summed E-state index contributed by atoms with van der Waals surface area (Å²) >= 11 is 0. The molecule has 0 aliphatic heterocycles. The lowest BCUT2D eigenvalue weighted by molar-refractivity contribution is -0.162. The lowest BCUT2D eigenvalue weighted by Crippen LogP contribution is -2.53. The fourth-order valence-electron chi connectivity index (χ4n) is 1.64. The maximum Gasteiger partial charge on any atom is 0.109 e. The molecule has 1 fully saturated rings. The summed E-state index contributed by atoms with van der Waals surface area (Å²) in [6, 6.07) is 0. The van der Waals surface area contributed by atoms with Crippen LogP contribution in [0.5, 0.6) is 0 Å². The van der Waals surface area contributed by atoms with Crippen LogP contribution in [-0.4, -0.2) is 46.8 Å². The summed E-state index contributed by atoms with van der Waals surface area (Å²) < 4.78 is 4.97. The predicted molar refractivity (Wildman–Crippen MR) is 42.6 cm³/mol. The van der Waals surface area contributed by atoms with Gasteiger partial charge in [0, 0.05) is 7.11 Å². The van der Waals surface area contributed by atoms with Crippen LogP contribution in [0.25, 0.3) is 0 Å². The van der Waals surface area contributed by atoms with E-state index < -0.39 is 18.3 Å². The first-order valence-electron chi connectivity index (χ1n) is 4.15. The van der Waals surface area contributed by atoms with Crippen LogP contribution in [0.3, 0.4) is 0 Å². The van der Waals surface area contributed by atoms with Gasteiger partial charge in [-0.2, -0.15) is 0 Å². The molecule has 12 heavy (non-hydrogen) atoms. The van der Waals surface area contributed by atoms with Crippen LogP contribution in [0, 0.1) is 5.92 Å². The van der Waals surface area contributed by atoms with E-state index in [1.807, 2.05) is 6.92 Å². The van der Waals surface area contributed by atoms with E-state index in [1.54, 1.807) is 0 Å². The summed E-state index contributed by atoms with van der Waals surface area (Å²) in [5.41, 5.74) is 0. The molecule has 1 rings (SSSR count). The molecule has 0 aromatic rings. The van der Waals surface area contributed by atoms with Crippen molar-refractivity contribution in [1.82, 2.24) is 0 Å². The lowest BCUT2D eigenvalue weighted by atomic mass is 9.82. The van der Waals surface area contributed by atoms with Gasteiger partial charge in [-0.15, -0.1) is 0 Å². The van der Waals surface area contributed by atoms with Crippen LogP contribution >= 0.6 is 0 Å². The van der Waals surface area contributed by atoms with Crippen LogP contribution in [-0.2, 0) is 4.74 Å². The van der Waals surface area contributed by atoms with Crippen LogP contribution in [0.4, 0.5) is 0 Å². The second-order valence-corrected chi connectivity index (χ2v) is 3.46. The number of ether oxygens (including phenoxy) is 1. The van der Waals surface area contributed by atoms with Gasteiger partial charge in [0.05, 0.1) is 12.2 Å². The molecule has 0 bridgehead atoms. The molecular formula is C8H16O4. The molecular weight excluding hydrogens is 160 g/mol. The maximum absolute atomic E-state index is 9.39. The van der Waals surface area contributed by atoms with Crippen LogP contribution < -0.4 is 0 Å². The highest BCUT2D eigenvalue weighted by Gasteiger charge is 2.40. The van der Waals surface area contributed by atoms with Crippen molar-refractivity contribution in [1.29, 1.82) is 0 Å². The Morgan fingerprint density at radius 3 is 2.17 bits per heavy atom. The molecule has 0 aromatic heterocycles. The Labute approximate surface area is 71.8 Å². The Balaban J connectivity index is 2.63. The lowest BCUT2D eigenvalue weighted by Gasteiger charge is -2.38. The Kier molecular flexibility index (Phi) is 3.06. The molecule has 5 atom stereocenters. The monoisotopic (exact) mass is 176 g/mol. The van der Waals surface area contributed by atoms with Crippen LogP contribution in [0.2, 0.25) is 0 Å². The first kappa shape index (κ1) is 9.92. The summed E-state index contributed by atoms with van der Waals surface area (Å²) in [5.74, 6) is -0.0339. The van der Waals surface area contributed by atoms with Crippen molar-refractivity contribution in [2.75, 3.05) is 7.11 Å². The Morgan fingerprint density at radius 2 is 1.67 bits per heavy atom. The zero-order chi connectivity index (χ0) is 9.30. The smallest absolute Gasteiger partial charge is 0.109 e. The second kappa shape index (κ2) is 3.70. The van der Waals surface area contributed by atoms with Gasteiger partial charge in [0.15, 0.2) is 0 Å². The third kappa shape index (κ3) is 1.61. The first-order chi connectivity index (χ1) is 5.57. The van der Waals surface area contributed by atoms with Crippen molar-refractivity contribution >= 4 is 0 Å². The molecule has 0 spiro atoms. The zero-order valence-electron chi connectivity index (χ0n) is 7.34. The van der Waals surface area contributed by atoms with Gasteiger partial charge in [-0.3, -0.25) is 0 Å². The van der Waals surface area contributed by atoms with E-state index in [9.17, 15) is 15.3 Å². The Morgan fingerprint density at radius 1 is 1.08 bits per heavy atom. The minimum Gasteiger partial charge on any atom is -0.390 e. The molecule has 1 aliphatic rings. The van der Waals surface area contributed by atoms with E-state index in [0.717, 1.165) is 0 Å². The van der Waals surface area contributed by atoms with Crippen LogP contribution in [0.15, 0.2) is 0 Å². The minimum atomic E-state index is -1.08. The Bertz CT molecular complexity index is 145. The molecule has 4 heteroatoms. The number of methoxy groups -OCH3 is 1. The zero-order valence-corrected chi connectivity index (χ0v) is 7.34. The molecule has 0 radical (unpaired) electrons. The quantitative estimate of drug-likeness (QED) is 0.485. The molecule has 1 saturated carbocycles. The van der Waals surface area contributed by atoms with Crippen molar-refractivity contribution in [2.45, 2.75) is 37.8 Å². The SMILES string of the molecule is CO[C@@H]1CC(C)[C@H](O)[C@H](O)C1O. The highest BCUT2D eigenvalue weighted by atomic mass is 16.5. The number of hydrogen-bond acceptors (Lipinski definition) is 4. The van der Waals surface area contributed by atoms with Crippen molar-refractivity contribution in [3.63, 3.8) is 0 Å². The second-order valence-electron chi connectivity index (χ2n) is 3.46. The average molecular weight is 176 g/mol. The summed E-state index contributed by atoms with van der Waals surface area (Å²) in [7, 11) is 1.49. The topological polar surface area (TPSA) is 69.9 Å². The number of aliphatic hydroxyl groups excluding tert-OH is 3. The predicted octanol–water partition coefficient (Wildman–Crippen LogP) is -0.876. The molecule has 1 aliphatic carbocycles. The molecule has 72 valence electrons. The average Bonchev–Trinajstić information content (AvgIpc) is 2.08. The third-order valence-corrected chi connectivity index (χ3v) is 2.57. The molecule has 0 heterocycles. The van der Waals surface area contributed by atoms with E-state index in [-0.39, 0.29) is 12.0 Å². The minimum absolute atomic E-state index is 0.0339. The van der Waals surface area contributed by atoms with Gasteiger partial charge in [0.25, 0.3) is 0 Å². The van der Waals surface area contributed by atoms with Gasteiger partial charge in [-0.1, -0.05) is 6.92 Å². The van der Waals surface area contributed by atoms with Crippen molar-refractivity contribution in [3.05, 3.63) is 0 Å². The fourth-order valence-corrected chi connectivity index (χ4v) is 1.64. The van der Waals surface area contributed by atoms with E-state index in [0.29, 0.717) is 6.42 Å². The van der Waals surface area contributed by atoms with E-state index in [1.165, 1.54) is 7.11 Å². The summed E-state index contributed by atoms with van der Waals surface area (Å²) in [6.07, 6.45) is -2.68. The molecule has 0 saturated heterocycles. The summed E-state index contributed by atoms with van der Waals surface area (Å²) in [4.78, 5) is 0. The molecule has 3 N–H and O–H groups in total.